The lowest BCUT2D eigenvalue weighted by atomic mass is 10.4. The van der Waals surface area contributed by atoms with E-state index in [4.69, 9.17) is 0 Å². The Morgan fingerprint density at radius 1 is 1.50 bits per heavy atom. The molecule has 0 spiro atoms. The second-order valence-electron chi connectivity index (χ2n) is 1.84. The number of hydrogen-bond acceptors (Lipinski definition) is 2. The molecule has 0 aromatic heterocycles. The third-order valence-corrected chi connectivity index (χ3v) is 1.15. The van der Waals surface area contributed by atoms with Gasteiger partial charge in [-0.2, -0.15) is 0 Å². The average molecular weight is 136 g/mol. The summed E-state index contributed by atoms with van der Waals surface area (Å²) in [6, 6.07) is 0. The molecule has 0 radical (unpaired) electrons. The van der Waals surface area contributed by atoms with E-state index in [0.29, 0.717) is 12.2 Å². The highest BCUT2D eigenvalue weighted by Gasteiger charge is 1.90. The highest BCUT2D eigenvalue weighted by atomic mass is 16.5. The summed E-state index contributed by atoms with van der Waals surface area (Å²) in [5.74, 6) is 0.611. The van der Waals surface area contributed by atoms with Crippen LogP contribution in [-0.4, -0.2) is 6.47 Å². The third-order valence-electron chi connectivity index (χ3n) is 1.15. The van der Waals surface area contributed by atoms with Crippen molar-refractivity contribution in [2.24, 2.45) is 0 Å². The highest BCUT2D eigenvalue weighted by molar-refractivity contribution is 5.42. The van der Waals surface area contributed by atoms with Gasteiger partial charge in [-0.25, -0.2) is 0 Å². The van der Waals surface area contributed by atoms with Crippen molar-refractivity contribution in [1.29, 1.82) is 0 Å². The first-order valence-corrected chi connectivity index (χ1v) is 3.07. The van der Waals surface area contributed by atoms with Gasteiger partial charge in [-0.1, -0.05) is 18.2 Å². The summed E-state index contributed by atoms with van der Waals surface area (Å²) in [6.07, 6.45) is 10.1. The minimum atomic E-state index is 0.432. The van der Waals surface area contributed by atoms with Crippen LogP contribution in [-0.2, 0) is 9.53 Å². The lowest BCUT2D eigenvalue weighted by Gasteiger charge is -1.93. The topological polar surface area (TPSA) is 26.3 Å². The van der Waals surface area contributed by atoms with Crippen LogP contribution in [0.1, 0.15) is 6.42 Å². The van der Waals surface area contributed by atoms with Crippen LogP contribution < -0.4 is 0 Å². The van der Waals surface area contributed by atoms with Crippen molar-refractivity contribution in [3.63, 3.8) is 0 Å². The van der Waals surface area contributed by atoms with Gasteiger partial charge in [0.15, 0.2) is 0 Å². The quantitative estimate of drug-likeness (QED) is 0.538. The average Bonchev–Trinajstić information content (AvgIpc) is 2.17. The van der Waals surface area contributed by atoms with Crippen LogP contribution in [0, 0.1) is 0 Å². The Balaban J connectivity index is 2.59. The molecular formula is C8H8O2. The lowest BCUT2D eigenvalue weighted by molar-refractivity contribution is -0.124. The predicted octanol–water partition coefficient (Wildman–Crippen LogP) is 1.56. The van der Waals surface area contributed by atoms with Gasteiger partial charge in [-0.15, -0.1) is 0 Å². The van der Waals surface area contributed by atoms with Crippen LogP contribution in [0.25, 0.3) is 0 Å². The summed E-state index contributed by atoms with van der Waals surface area (Å²) in [6.45, 7) is 0.432. The van der Waals surface area contributed by atoms with Gasteiger partial charge < -0.3 is 4.74 Å². The smallest absolute Gasteiger partial charge is 0.298 e. The Bertz CT molecular complexity index is 199. The molecule has 0 aromatic carbocycles. The van der Waals surface area contributed by atoms with E-state index in [0.717, 1.165) is 6.42 Å². The second kappa shape index (κ2) is 3.67. The summed E-state index contributed by atoms with van der Waals surface area (Å²) in [7, 11) is 0. The number of hydrogen-bond donors (Lipinski definition) is 0. The maximum atomic E-state index is 9.87. The van der Waals surface area contributed by atoms with Gasteiger partial charge in [0.05, 0.1) is 0 Å². The molecule has 2 heteroatoms. The lowest BCUT2D eigenvalue weighted by Crippen LogP contribution is -1.83. The molecule has 0 saturated carbocycles. The minimum absolute atomic E-state index is 0.432. The van der Waals surface area contributed by atoms with Gasteiger partial charge in [0.25, 0.3) is 6.47 Å². The van der Waals surface area contributed by atoms with Gasteiger partial charge in [0.2, 0.25) is 0 Å². The fraction of sp³-hybridized carbons (Fsp3) is 0.125. The summed E-state index contributed by atoms with van der Waals surface area (Å²) < 4.78 is 4.62. The Morgan fingerprint density at radius 3 is 3.20 bits per heavy atom. The van der Waals surface area contributed by atoms with Crippen molar-refractivity contribution in [3.8, 4) is 0 Å². The molecule has 0 aromatic rings. The van der Waals surface area contributed by atoms with Crippen LogP contribution in [0.2, 0.25) is 0 Å². The number of ether oxygens (including phenoxy) is 1. The Morgan fingerprint density at radius 2 is 2.40 bits per heavy atom. The fourth-order valence-corrected chi connectivity index (χ4v) is 0.703. The van der Waals surface area contributed by atoms with Gasteiger partial charge in [-0.3, -0.25) is 4.79 Å². The molecule has 0 aliphatic heterocycles. The summed E-state index contributed by atoms with van der Waals surface area (Å²) in [5.41, 5.74) is 0. The van der Waals surface area contributed by atoms with Crippen LogP contribution in [0.3, 0.4) is 0 Å². The number of carbonyl (C=O) groups excluding carboxylic acids is 1. The Labute approximate surface area is 59.5 Å². The summed E-state index contributed by atoms with van der Waals surface area (Å²) >= 11 is 0. The third kappa shape index (κ3) is 1.90. The van der Waals surface area contributed by atoms with Crippen molar-refractivity contribution in [3.05, 3.63) is 36.1 Å². The Kier molecular flexibility index (Phi) is 2.49. The zero-order chi connectivity index (χ0) is 7.23. The largest absolute Gasteiger partial charge is 0.429 e. The maximum absolute atomic E-state index is 9.87. The molecule has 2 nitrogen and oxygen atoms in total. The Hall–Kier alpha value is -1.31. The van der Waals surface area contributed by atoms with Crippen molar-refractivity contribution in [1.82, 2.24) is 0 Å². The van der Waals surface area contributed by atoms with Gasteiger partial charge in [0, 0.05) is 0 Å². The molecule has 0 amide bonds. The second-order valence-corrected chi connectivity index (χ2v) is 1.84. The van der Waals surface area contributed by atoms with E-state index in [1.54, 1.807) is 6.08 Å². The molecule has 0 atom stereocenters. The molecular weight excluding hydrogens is 128 g/mol. The number of rotatable bonds is 2. The van der Waals surface area contributed by atoms with Crippen LogP contribution in [0.5, 0.6) is 0 Å². The first kappa shape index (κ1) is 6.81. The first-order chi connectivity index (χ1) is 4.93. The van der Waals surface area contributed by atoms with Gasteiger partial charge >= 0.3 is 0 Å². The van der Waals surface area contributed by atoms with Crippen LogP contribution >= 0.6 is 0 Å². The van der Waals surface area contributed by atoms with Crippen molar-refractivity contribution < 1.29 is 9.53 Å². The summed E-state index contributed by atoms with van der Waals surface area (Å²) in [5, 5.41) is 0. The van der Waals surface area contributed by atoms with E-state index in [1.807, 2.05) is 24.3 Å². The SMILES string of the molecule is O=COC1=CCC=CC=C1. The standard InChI is InChI=1S/C8H8O2/c9-7-10-8-5-3-1-2-4-6-8/h1-3,5-7H,4H2. The number of allylic oxidation sites excluding steroid dienone is 5. The predicted molar refractivity (Wildman–Crippen MR) is 38.1 cm³/mol. The van der Waals surface area contributed by atoms with Crippen molar-refractivity contribution >= 4 is 6.47 Å². The van der Waals surface area contributed by atoms with Crippen LogP contribution in [0.15, 0.2) is 36.1 Å². The molecule has 1 rings (SSSR count). The molecule has 0 N–H and O–H groups in total. The van der Waals surface area contributed by atoms with Crippen LogP contribution in [0.4, 0.5) is 0 Å². The highest BCUT2D eigenvalue weighted by Crippen LogP contribution is 2.04. The zero-order valence-corrected chi connectivity index (χ0v) is 5.49. The molecule has 1 aliphatic carbocycles. The maximum Gasteiger partial charge on any atom is 0.298 e. The fourth-order valence-electron chi connectivity index (χ4n) is 0.703. The molecule has 0 heterocycles. The van der Waals surface area contributed by atoms with Crippen molar-refractivity contribution in [2.45, 2.75) is 6.42 Å². The molecule has 52 valence electrons. The van der Waals surface area contributed by atoms with Crippen molar-refractivity contribution in [2.75, 3.05) is 0 Å². The molecule has 0 fully saturated rings. The number of carbonyl (C=O) groups is 1. The monoisotopic (exact) mass is 136 g/mol. The van der Waals surface area contributed by atoms with E-state index in [-0.39, 0.29) is 0 Å². The van der Waals surface area contributed by atoms with Gasteiger partial charge in [0.1, 0.15) is 5.76 Å². The van der Waals surface area contributed by atoms with E-state index >= 15 is 0 Å². The first-order valence-electron chi connectivity index (χ1n) is 3.07. The molecule has 1 aliphatic rings. The molecule has 0 unspecified atom stereocenters. The molecule has 0 saturated heterocycles. The summed E-state index contributed by atoms with van der Waals surface area (Å²) in [4.78, 5) is 9.87. The van der Waals surface area contributed by atoms with E-state index in [2.05, 4.69) is 4.74 Å². The van der Waals surface area contributed by atoms with E-state index < -0.39 is 0 Å². The van der Waals surface area contributed by atoms with Gasteiger partial charge in [-0.05, 0) is 18.6 Å². The molecule has 10 heavy (non-hydrogen) atoms. The van der Waals surface area contributed by atoms with E-state index in [9.17, 15) is 4.79 Å². The van der Waals surface area contributed by atoms with E-state index in [1.165, 1.54) is 0 Å². The normalized spacial score (nSPS) is 15.8. The molecule has 0 bridgehead atoms. The zero-order valence-electron chi connectivity index (χ0n) is 5.49. The minimum Gasteiger partial charge on any atom is -0.429 e.